The average Bonchev–Trinajstić information content (AvgIpc) is 2.73. The molecule has 0 radical (unpaired) electrons. The van der Waals surface area contributed by atoms with Gasteiger partial charge in [-0.05, 0) is 18.2 Å². The summed E-state index contributed by atoms with van der Waals surface area (Å²) in [5.74, 6) is -0.0282. The highest BCUT2D eigenvalue weighted by Gasteiger charge is 2.28. The van der Waals surface area contributed by atoms with E-state index in [1.54, 1.807) is 18.0 Å². The molecule has 0 saturated carbocycles. The number of nitrogens with zero attached hydrogens (tertiary/aromatic N) is 2. The molecule has 5 nitrogen and oxygen atoms in total. The molecule has 1 amide bonds. The van der Waals surface area contributed by atoms with Crippen molar-refractivity contribution in [2.75, 3.05) is 18.5 Å². The third-order valence-corrected chi connectivity index (χ3v) is 4.48. The summed E-state index contributed by atoms with van der Waals surface area (Å²) < 4.78 is -1.97. The number of alkyl halides is 3. The monoisotopic (exact) mass is 448 g/mol. The topological polar surface area (TPSA) is 73.1 Å². The van der Waals surface area contributed by atoms with Crippen molar-refractivity contribution in [1.82, 2.24) is 0 Å². The Kier molecular flexibility index (Phi) is 7.51. The number of aliphatic hydroxyl groups excluding tert-OH is 1. The summed E-state index contributed by atoms with van der Waals surface area (Å²) in [5.41, 5.74) is 3.51. The van der Waals surface area contributed by atoms with Crippen LogP contribution in [0, 0.1) is 0 Å². The molecular weight excluding hydrogens is 434 g/mol. The SMILES string of the molecule is CN1C(=O)CN=C(c2ccccc2)c2cc(Cl)ccc21.OC(O)C(Cl)(Cl)Cl. The first-order chi connectivity index (χ1) is 12.6. The summed E-state index contributed by atoms with van der Waals surface area (Å²) in [4.78, 5) is 18.1. The Morgan fingerprint density at radius 1 is 1.11 bits per heavy atom. The van der Waals surface area contributed by atoms with Gasteiger partial charge < -0.3 is 15.1 Å². The highest BCUT2D eigenvalue weighted by atomic mass is 35.6. The van der Waals surface area contributed by atoms with E-state index >= 15 is 0 Å². The fraction of sp³-hybridized carbons (Fsp3) is 0.222. The molecule has 0 bridgehead atoms. The molecule has 0 aromatic heterocycles. The van der Waals surface area contributed by atoms with Crippen molar-refractivity contribution in [2.24, 2.45) is 4.99 Å². The van der Waals surface area contributed by atoms with E-state index in [1.165, 1.54) is 0 Å². The number of aliphatic hydroxyl groups is 2. The highest BCUT2D eigenvalue weighted by molar-refractivity contribution is 6.67. The number of carbonyl (C=O) groups is 1. The molecule has 2 N–H and O–H groups in total. The first-order valence-electron chi connectivity index (χ1n) is 7.70. The van der Waals surface area contributed by atoms with Gasteiger partial charge in [0.2, 0.25) is 9.70 Å². The normalized spacial score (nSPS) is 14.1. The molecule has 0 spiro atoms. The number of hydrogen-bond donors (Lipinski definition) is 2. The molecular formula is C18H16Cl4N2O3. The summed E-state index contributed by atoms with van der Waals surface area (Å²) >= 11 is 20.8. The van der Waals surface area contributed by atoms with Gasteiger partial charge in [0.15, 0.2) is 6.29 Å². The van der Waals surface area contributed by atoms with E-state index < -0.39 is 10.1 Å². The summed E-state index contributed by atoms with van der Waals surface area (Å²) in [6.07, 6.45) is -1.91. The Hall–Kier alpha value is -1.34. The zero-order valence-corrected chi connectivity index (χ0v) is 17.1. The number of aliphatic imine (C=N–C) groups is 1. The molecule has 2 aromatic carbocycles. The van der Waals surface area contributed by atoms with Gasteiger partial charge in [0, 0.05) is 23.2 Å². The number of halogens is 4. The second-order valence-electron chi connectivity index (χ2n) is 5.56. The Morgan fingerprint density at radius 3 is 2.26 bits per heavy atom. The largest absolute Gasteiger partial charge is 0.365 e. The number of carbonyl (C=O) groups excluding carboxylic acids is 1. The van der Waals surface area contributed by atoms with E-state index in [9.17, 15) is 4.79 Å². The Bertz CT molecular complexity index is 836. The number of benzodiazepines with no additional fused rings is 1. The molecule has 0 aliphatic carbocycles. The molecule has 144 valence electrons. The lowest BCUT2D eigenvalue weighted by atomic mass is 10.0. The smallest absolute Gasteiger partial charge is 0.248 e. The van der Waals surface area contributed by atoms with E-state index in [1.807, 2.05) is 42.5 Å². The van der Waals surface area contributed by atoms with Gasteiger partial charge >= 0.3 is 0 Å². The van der Waals surface area contributed by atoms with Crippen LogP contribution in [0.3, 0.4) is 0 Å². The standard InChI is InChI=1S/C16H13ClN2O.C2H3Cl3O2/c1-19-14-8-7-12(17)9-13(14)16(18-10-15(19)20)11-5-3-2-4-6-11;3-2(4,5)1(6)7/h2-9H,10H2,1H3;1,6-7H. The summed E-state index contributed by atoms with van der Waals surface area (Å²) in [6, 6.07) is 15.3. The third-order valence-electron chi connectivity index (χ3n) is 3.66. The predicted octanol–water partition coefficient (Wildman–Crippen LogP) is 3.82. The maximum atomic E-state index is 12.0. The first-order valence-corrected chi connectivity index (χ1v) is 9.21. The van der Waals surface area contributed by atoms with E-state index in [-0.39, 0.29) is 12.5 Å². The van der Waals surface area contributed by atoms with Gasteiger partial charge in [-0.15, -0.1) is 0 Å². The number of likely N-dealkylation sites (N-methyl/N-ethyl adjacent to an activating group) is 1. The molecule has 0 unspecified atom stereocenters. The van der Waals surface area contributed by atoms with Crippen LogP contribution in [-0.2, 0) is 4.79 Å². The van der Waals surface area contributed by atoms with Crippen LogP contribution in [0.5, 0.6) is 0 Å². The van der Waals surface area contributed by atoms with Crippen molar-refractivity contribution >= 4 is 63.7 Å². The average molecular weight is 450 g/mol. The number of rotatable bonds is 1. The van der Waals surface area contributed by atoms with Gasteiger partial charge in [-0.3, -0.25) is 9.79 Å². The van der Waals surface area contributed by atoms with Crippen molar-refractivity contribution in [3.05, 3.63) is 64.7 Å². The quantitative estimate of drug-likeness (QED) is 0.513. The molecule has 0 atom stereocenters. The minimum atomic E-state index is -1.97. The van der Waals surface area contributed by atoms with E-state index in [0.29, 0.717) is 5.02 Å². The van der Waals surface area contributed by atoms with Gasteiger partial charge in [-0.1, -0.05) is 76.7 Å². The lowest BCUT2D eigenvalue weighted by Gasteiger charge is -2.18. The minimum Gasteiger partial charge on any atom is -0.365 e. The van der Waals surface area contributed by atoms with Gasteiger partial charge in [0.25, 0.3) is 0 Å². The van der Waals surface area contributed by atoms with E-state index in [4.69, 9.17) is 56.6 Å². The molecule has 0 fully saturated rings. The van der Waals surface area contributed by atoms with Gasteiger partial charge in [-0.2, -0.15) is 0 Å². The van der Waals surface area contributed by atoms with Crippen molar-refractivity contribution in [3.8, 4) is 0 Å². The van der Waals surface area contributed by atoms with E-state index in [0.717, 1.165) is 22.5 Å². The zero-order valence-electron chi connectivity index (χ0n) is 14.1. The molecule has 27 heavy (non-hydrogen) atoms. The first kappa shape index (κ1) is 22.0. The lowest BCUT2D eigenvalue weighted by Crippen LogP contribution is -2.27. The molecule has 9 heteroatoms. The number of benzene rings is 2. The number of fused-ring (bicyclic) bond motifs is 1. The third kappa shape index (κ3) is 5.82. The molecule has 3 rings (SSSR count). The van der Waals surface area contributed by atoms with Crippen LogP contribution in [-0.4, -0.2) is 45.5 Å². The summed E-state index contributed by atoms with van der Waals surface area (Å²) in [5, 5.41) is 16.7. The van der Waals surface area contributed by atoms with Crippen LogP contribution < -0.4 is 4.90 Å². The molecule has 2 aromatic rings. The van der Waals surface area contributed by atoms with Crippen LogP contribution in [0.2, 0.25) is 5.02 Å². The summed E-state index contributed by atoms with van der Waals surface area (Å²) in [7, 11) is 1.76. The van der Waals surface area contributed by atoms with Crippen molar-refractivity contribution in [3.63, 3.8) is 0 Å². The predicted molar refractivity (Wildman–Crippen MR) is 110 cm³/mol. The van der Waals surface area contributed by atoms with Gasteiger partial charge in [0.1, 0.15) is 6.54 Å². The number of hydrogen-bond acceptors (Lipinski definition) is 4. The van der Waals surface area contributed by atoms with Crippen LogP contribution >= 0.6 is 46.4 Å². The Morgan fingerprint density at radius 2 is 1.70 bits per heavy atom. The second-order valence-corrected chi connectivity index (χ2v) is 8.37. The van der Waals surface area contributed by atoms with E-state index in [2.05, 4.69) is 4.99 Å². The van der Waals surface area contributed by atoms with Crippen LogP contribution in [0.15, 0.2) is 53.5 Å². The highest BCUT2D eigenvalue weighted by Crippen LogP contribution is 2.29. The maximum absolute atomic E-state index is 12.0. The fourth-order valence-corrected chi connectivity index (χ4v) is 2.48. The zero-order chi connectivity index (χ0) is 20.2. The van der Waals surface area contributed by atoms with Gasteiger partial charge in [-0.25, -0.2) is 0 Å². The van der Waals surface area contributed by atoms with Crippen LogP contribution in [0.25, 0.3) is 0 Å². The Balaban J connectivity index is 0.000000321. The molecule has 1 aliphatic rings. The number of anilines is 1. The number of amides is 1. The molecule has 1 heterocycles. The maximum Gasteiger partial charge on any atom is 0.248 e. The van der Waals surface area contributed by atoms with Gasteiger partial charge in [0.05, 0.1) is 11.4 Å². The second kappa shape index (κ2) is 9.24. The Labute approximate surface area is 176 Å². The molecule has 0 saturated heterocycles. The minimum absolute atomic E-state index is 0.0282. The van der Waals surface area contributed by atoms with Crippen molar-refractivity contribution in [1.29, 1.82) is 0 Å². The van der Waals surface area contributed by atoms with Crippen molar-refractivity contribution < 1.29 is 15.0 Å². The fourth-order valence-electron chi connectivity index (χ4n) is 2.31. The van der Waals surface area contributed by atoms with Crippen LogP contribution in [0.1, 0.15) is 11.1 Å². The molecule has 1 aliphatic heterocycles. The summed E-state index contributed by atoms with van der Waals surface area (Å²) in [6.45, 7) is 0.146. The lowest BCUT2D eigenvalue weighted by molar-refractivity contribution is -0.116. The van der Waals surface area contributed by atoms with Crippen LogP contribution in [0.4, 0.5) is 5.69 Å². The van der Waals surface area contributed by atoms with Crippen molar-refractivity contribution in [2.45, 2.75) is 10.1 Å².